The molecule has 6 heteroatoms. The third-order valence-corrected chi connectivity index (χ3v) is 4.05. The van der Waals surface area contributed by atoms with E-state index in [2.05, 4.69) is 10.6 Å². The largest absolute Gasteiger partial charge is 0.480 e. The van der Waals surface area contributed by atoms with Gasteiger partial charge in [-0.05, 0) is 18.4 Å². The van der Waals surface area contributed by atoms with Gasteiger partial charge in [-0.1, -0.05) is 50.6 Å². The Bertz CT molecular complexity index is 559. The van der Waals surface area contributed by atoms with Gasteiger partial charge in [0, 0.05) is 12.8 Å². The average molecular weight is 334 g/mol. The van der Waals surface area contributed by atoms with Gasteiger partial charge in [-0.15, -0.1) is 0 Å². The first-order valence-corrected chi connectivity index (χ1v) is 8.21. The van der Waals surface area contributed by atoms with Crippen molar-refractivity contribution >= 4 is 17.8 Å². The van der Waals surface area contributed by atoms with Crippen molar-refractivity contribution in [2.24, 2.45) is 5.92 Å². The molecule has 0 radical (unpaired) electrons. The number of rotatable bonds is 9. The molecular weight excluding hydrogens is 308 g/mol. The van der Waals surface area contributed by atoms with Gasteiger partial charge in [0.25, 0.3) is 0 Å². The van der Waals surface area contributed by atoms with Gasteiger partial charge in [0.15, 0.2) is 0 Å². The molecule has 2 amide bonds. The van der Waals surface area contributed by atoms with Crippen molar-refractivity contribution in [1.82, 2.24) is 10.6 Å². The lowest BCUT2D eigenvalue weighted by Crippen LogP contribution is -2.45. The molecule has 0 fully saturated rings. The maximum absolute atomic E-state index is 11.9. The van der Waals surface area contributed by atoms with Crippen LogP contribution in [-0.2, 0) is 14.4 Å². The van der Waals surface area contributed by atoms with Gasteiger partial charge in [0.05, 0.1) is 6.04 Å². The van der Waals surface area contributed by atoms with Crippen LogP contribution >= 0.6 is 0 Å². The van der Waals surface area contributed by atoms with Crippen LogP contribution in [0.3, 0.4) is 0 Å². The maximum atomic E-state index is 11.9. The predicted octanol–water partition coefficient (Wildman–Crippen LogP) is 2.26. The topological polar surface area (TPSA) is 95.5 Å². The Hall–Kier alpha value is -2.37. The number of benzene rings is 1. The number of hydrogen-bond acceptors (Lipinski definition) is 3. The number of nitrogens with one attached hydrogen (secondary N) is 2. The molecule has 1 aromatic carbocycles. The summed E-state index contributed by atoms with van der Waals surface area (Å²) in [5, 5.41) is 14.5. The van der Waals surface area contributed by atoms with Crippen LogP contribution in [-0.4, -0.2) is 28.9 Å². The van der Waals surface area contributed by atoms with Crippen LogP contribution in [0.2, 0.25) is 0 Å². The molecular formula is C18H26N2O4. The molecule has 0 bridgehead atoms. The van der Waals surface area contributed by atoms with Crippen LogP contribution in [0, 0.1) is 5.92 Å². The smallest absolute Gasteiger partial charge is 0.326 e. The molecule has 6 nitrogen and oxygen atoms in total. The second-order valence-electron chi connectivity index (χ2n) is 5.97. The van der Waals surface area contributed by atoms with Gasteiger partial charge in [0.1, 0.15) is 6.04 Å². The first-order chi connectivity index (χ1) is 11.3. The number of amides is 2. The molecule has 24 heavy (non-hydrogen) atoms. The van der Waals surface area contributed by atoms with Crippen molar-refractivity contribution in [3.05, 3.63) is 35.9 Å². The molecule has 0 aliphatic rings. The first-order valence-electron chi connectivity index (χ1n) is 8.21. The standard InChI is InChI=1S/C18H26N2O4/c1-4-12(2)17(18(23)24)20-16(22)11-10-15(21)19-13(3)14-8-6-5-7-9-14/h5-9,12-13,17H,4,10-11H2,1-3H3,(H,19,21)(H,20,22)(H,23,24)/t12-,13+,17+/m0/s1. The van der Waals surface area contributed by atoms with E-state index in [-0.39, 0.29) is 30.7 Å². The van der Waals surface area contributed by atoms with Crippen LogP contribution in [0.25, 0.3) is 0 Å². The Morgan fingerprint density at radius 2 is 1.54 bits per heavy atom. The highest BCUT2D eigenvalue weighted by Crippen LogP contribution is 2.12. The van der Waals surface area contributed by atoms with Crippen LogP contribution in [0.15, 0.2) is 30.3 Å². The summed E-state index contributed by atoms with van der Waals surface area (Å²) in [6, 6.07) is 8.46. The van der Waals surface area contributed by atoms with Crippen molar-refractivity contribution in [2.45, 2.75) is 52.1 Å². The quantitative estimate of drug-likeness (QED) is 0.645. The normalized spacial score (nSPS) is 14.3. The van der Waals surface area contributed by atoms with Crippen molar-refractivity contribution in [1.29, 1.82) is 0 Å². The molecule has 1 aromatic rings. The van der Waals surface area contributed by atoms with Crippen molar-refractivity contribution < 1.29 is 19.5 Å². The van der Waals surface area contributed by atoms with Crippen molar-refractivity contribution in [2.75, 3.05) is 0 Å². The summed E-state index contributed by atoms with van der Waals surface area (Å²) in [4.78, 5) is 35.0. The number of carboxylic acids is 1. The Kier molecular flexibility index (Phi) is 7.95. The molecule has 3 atom stereocenters. The van der Waals surface area contributed by atoms with Crippen molar-refractivity contribution in [3.63, 3.8) is 0 Å². The highest BCUT2D eigenvalue weighted by molar-refractivity contribution is 5.87. The first kappa shape index (κ1) is 19.7. The minimum Gasteiger partial charge on any atom is -0.480 e. The summed E-state index contributed by atoms with van der Waals surface area (Å²) >= 11 is 0. The molecule has 0 saturated carbocycles. The second kappa shape index (κ2) is 9.70. The Balaban J connectivity index is 2.43. The summed E-state index contributed by atoms with van der Waals surface area (Å²) in [5.74, 6) is -1.89. The molecule has 0 spiro atoms. The monoisotopic (exact) mass is 334 g/mol. The zero-order valence-corrected chi connectivity index (χ0v) is 14.4. The summed E-state index contributed by atoms with van der Waals surface area (Å²) in [5.41, 5.74) is 0.984. The summed E-state index contributed by atoms with van der Waals surface area (Å²) < 4.78 is 0. The number of carbonyl (C=O) groups is 3. The van der Waals surface area contributed by atoms with E-state index in [0.717, 1.165) is 5.56 Å². The molecule has 1 rings (SSSR count). The fourth-order valence-electron chi connectivity index (χ4n) is 2.29. The van der Waals surface area contributed by atoms with Gasteiger partial charge in [-0.2, -0.15) is 0 Å². The fraction of sp³-hybridized carbons (Fsp3) is 0.500. The van der Waals surface area contributed by atoms with Gasteiger partial charge in [-0.25, -0.2) is 4.79 Å². The zero-order valence-electron chi connectivity index (χ0n) is 14.4. The van der Waals surface area contributed by atoms with Gasteiger partial charge >= 0.3 is 5.97 Å². The number of aliphatic carboxylic acids is 1. The van der Waals surface area contributed by atoms with Gasteiger partial charge in [0.2, 0.25) is 11.8 Å². The Morgan fingerprint density at radius 3 is 2.04 bits per heavy atom. The van der Waals surface area contributed by atoms with Crippen LogP contribution in [0.4, 0.5) is 0 Å². The van der Waals surface area contributed by atoms with E-state index in [1.54, 1.807) is 6.92 Å². The van der Waals surface area contributed by atoms with E-state index < -0.39 is 17.9 Å². The highest BCUT2D eigenvalue weighted by Gasteiger charge is 2.25. The lowest BCUT2D eigenvalue weighted by molar-refractivity contribution is -0.143. The van der Waals surface area contributed by atoms with Gasteiger partial charge in [-0.3, -0.25) is 9.59 Å². The summed E-state index contributed by atoms with van der Waals surface area (Å²) in [6.45, 7) is 5.51. The minimum atomic E-state index is -1.06. The Labute approximate surface area is 142 Å². The van der Waals surface area contributed by atoms with E-state index >= 15 is 0 Å². The summed E-state index contributed by atoms with van der Waals surface area (Å²) in [6.07, 6.45) is 0.635. The number of carbonyl (C=O) groups excluding carboxylic acids is 2. The zero-order chi connectivity index (χ0) is 18.1. The summed E-state index contributed by atoms with van der Waals surface area (Å²) in [7, 11) is 0. The van der Waals surface area contributed by atoms with Crippen molar-refractivity contribution in [3.8, 4) is 0 Å². The molecule has 0 unspecified atom stereocenters. The maximum Gasteiger partial charge on any atom is 0.326 e. The molecule has 3 N–H and O–H groups in total. The SMILES string of the molecule is CC[C@H](C)[C@@H](NC(=O)CCC(=O)N[C@H](C)c1ccccc1)C(=O)O. The third-order valence-electron chi connectivity index (χ3n) is 4.05. The molecule has 0 heterocycles. The second-order valence-corrected chi connectivity index (χ2v) is 5.97. The van der Waals surface area contributed by atoms with Gasteiger partial charge < -0.3 is 15.7 Å². The van der Waals surface area contributed by atoms with E-state index in [0.29, 0.717) is 6.42 Å². The third kappa shape index (κ3) is 6.40. The molecule has 132 valence electrons. The predicted molar refractivity (Wildman–Crippen MR) is 91.3 cm³/mol. The molecule has 0 aromatic heterocycles. The molecule has 0 aliphatic heterocycles. The fourth-order valence-corrected chi connectivity index (χ4v) is 2.29. The van der Waals surface area contributed by atoms with E-state index in [4.69, 9.17) is 5.11 Å². The lowest BCUT2D eigenvalue weighted by atomic mass is 9.99. The van der Waals surface area contributed by atoms with Crippen LogP contribution < -0.4 is 10.6 Å². The van der Waals surface area contributed by atoms with Crippen LogP contribution in [0.5, 0.6) is 0 Å². The molecule has 0 aliphatic carbocycles. The van der Waals surface area contributed by atoms with E-state index in [1.165, 1.54) is 0 Å². The lowest BCUT2D eigenvalue weighted by Gasteiger charge is -2.20. The highest BCUT2D eigenvalue weighted by atomic mass is 16.4. The minimum absolute atomic E-state index is 0.0237. The van der Waals surface area contributed by atoms with Crippen LogP contribution in [0.1, 0.15) is 51.6 Å². The number of hydrogen-bond donors (Lipinski definition) is 3. The van der Waals surface area contributed by atoms with E-state index in [1.807, 2.05) is 44.2 Å². The average Bonchev–Trinajstić information content (AvgIpc) is 2.57. The Morgan fingerprint density at radius 1 is 1.00 bits per heavy atom. The van der Waals surface area contributed by atoms with E-state index in [9.17, 15) is 14.4 Å². The molecule has 0 saturated heterocycles. The number of carboxylic acid groups (broad SMARTS) is 1.